The number of alkyl halides is 2. The fourth-order valence-electron chi connectivity index (χ4n) is 1.23. The highest BCUT2D eigenvalue weighted by molar-refractivity contribution is 7.89. The van der Waals surface area contributed by atoms with Crippen LogP contribution < -0.4 is 16.2 Å². The number of carbonyl (C=O) groups is 1. The number of hydrogen-bond acceptors (Lipinski definition) is 5. The zero-order chi connectivity index (χ0) is 14.8. The molecule has 10 heteroatoms. The highest BCUT2D eigenvalue weighted by Gasteiger charge is 2.28. The average Bonchev–Trinajstić information content (AvgIpc) is 2.68. The summed E-state index contributed by atoms with van der Waals surface area (Å²) in [7, 11) is -4.04. The van der Waals surface area contributed by atoms with Crippen molar-refractivity contribution in [2.24, 2.45) is 10.9 Å². The van der Waals surface area contributed by atoms with Crippen LogP contribution in [0.4, 0.5) is 8.78 Å². The summed E-state index contributed by atoms with van der Waals surface area (Å²) < 4.78 is 52.7. The van der Waals surface area contributed by atoms with Gasteiger partial charge in [0, 0.05) is 6.07 Å². The fraction of sp³-hybridized carbons (Fsp3) is 0.444. The van der Waals surface area contributed by atoms with Gasteiger partial charge in [0.2, 0.25) is 10.0 Å². The molecule has 0 aromatic carbocycles. The van der Waals surface area contributed by atoms with Crippen LogP contribution in [-0.2, 0) is 10.0 Å². The van der Waals surface area contributed by atoms with E-state index in [0.717, 1.165) is 6.07 Å². The van der Waals surface area contributed by atoms with Gasteiger partial charge in [0.25, 0.3) is 11.8 Å². The molecule has 0 bridgehead atoms. The van der Waals surface area contributed by atoms with E-state index >= 15 is 0 Å². The molecule has 108 valence electrons. The molecule has 7 nitrogen and oxygen atoms in total. The smallest absolute Gasteiger partial charge is 0.287 e. The number of carbonyl (C=O) groups excluding carboxylic acids is 1. The zero-order valence-electron chi connectivity index (χ0n) is 9.94. The highest BCUT2D eigenvalue weighted by Crippen LogP contribution is 2.18. The molecule has 0 radical (unpaired) electrons. The number of nitrogens with two attached hydrogens (primary N) is 2. The van der Waals surface area contributed by atoms with Crippen molar-refractivity contribution < 1.29 is 26.4 Å². The predicted molar refractivity (Wildman–Crippen MR) is 61.2 cm³/mol. The first-order valence-corrected chi connectivity index (χ1v) is 6.61. The molecule has 0 spiro atoms. The quantitative estimate of drug-likeness (QED) is 0.678. The Bertz CT molecular complexity index is 582. The maximum Gasteiger partial charge on any atom is 0.287 e. The lowest BCUT2D eigenvalue weighted by Gasteiger charge is -2.13. The average molecular weight is 297 g/mol. The van der Waals surface area contributed by atoms with Gasteiger partial charge in [0.1, 0.15) is 10.7 Å². The number of primary sulfonamides is 1. The maximum atomic E-state index is 12.8. The first kappa shape index (κ1) is 15.5. The Morgan fingerprint density at radius 1 is 1.53 bits per heavy atom. The summed E-state index contributed by atoms with van der Waals surface area (Å²) in [6, 6.07) is 0.876. The zero-order valence-corrected chi connectivity index (χ0v) is 10.8. The monoisotopic (exact) mass is 297 g/mol. The summed E-state index contributed by atoms with van der Waals surface area (Å²) in [6.07, 6.45) is 0. The van der Waals surface area contributed by atoms with Crippen molar-refractivity contribution in [1.82, 2.24) is 5.32 Å². The summed E-state index contributed by atoms with van der Waals surface area (Å²) in [4.78, 5) is 11.1. The largest absolute Gasteiger partial charge is 0.455 e. The molecule has 1 amide bonds. The summed E-state index contributed by atoms with van der Waals surface area (Å²) in [5.41, 5.74) is 4.80. The van der Waals surface area contributed by atoms with Crippen LogP contribution in [0.15, 0.2) is 15.4 Å². The fourth-order valence-corrected chi connectivity index (χ4v) is 1.94. The number of hydrogen-bond donors (Lipinski definition) is 3. The molecule has 0 saturated heterocycles. The predicted octanol–water partition coefficient (Wildman–Crippen LogP) is -0.441. The van der Waals surface area contributed by atoms with E-state index in [9.17, 15) is 22.0 Å². The Kier molecular flexibility index (Phi) is 4.28. The molecule has 0 aliphatic carbocycles. The van der Waals surface area contributed by atoms with Gasteiger partial charge in [0.15, 0.2) is 5.76 Å². The number of furan rings is 1. The molecular formula is C9H13F2N3O4S. The molecule has 0 aliphatic rings. The highest BCUT2D eigenvalue weighted by atomic mass is 32.2. The number of sulfonamides is 1. The lowest BCUT2D eigenvalue weighted by Crippen LogP contribution is -2.41. The van der Waals surface area contributed by atoms with E-state index in [1.54, 1.807) is 0 Å². The third kappa shape index (κ3) is 3.98. The topological polar surface area (TPSA) is 128 Å². The molecule has 1 aromatic rings. The van der Waals surface area contributed by atoms with Gasteiger partial charge in [-0.1, -0.05) is 0 Å². The molecule has 1 heterocycles. The van der Waals surface area contributed by atoms with E-state index in [1.165, 1.54) is 6.92 Å². The van der Waals surface area contributed by atoms with Crippen LogP contribution in [0.2, 0.25) is 0 Å². The molecule has 1 rings (SSSR count). The second-order valence-corrected chi connectivity index (χ2v) is 5.35. The minimum absolute atomic E-state index is 0.0989. The van der Waals surface area contributed by atoms with Crippen molar-refractivity contribution in [2.75, 3.05) is 13.1 Å². The molecule has 19 heavy (non-hydrogen) atoms. The van der Waals surface area contributed by atoms with Gasteiger partial charge in [0.05, 0.1) is 13.1 Å². The molecule has 0 atom stereocenters. The van der Waals surface area contributed by atoms with Crippen LogP contribution in [0.25, 0.3) is 0 Å². The van der Waals surface area contributed by atoms with Crippen LogP contribution in [0.5, 0.6) is 0 Å². The molecule has 0 fully saturated rings. The summed E-state index contributed by atoms with van der Waals surface area (Å²) in [5, 5.41) is 6.76. The van der Waals surface area contributed by atoms with Gasteiger partial charge in [-0.3, -0.25) is 4.79 Å². The van der Waals surface area contributed by atoms with Gasteiger partial charge in [-0.2, -0.15) is 0 Å². The van der Waals surface area contributed by atoms with E-state index in [0.29, 0.717) is 0 Å². The Hall–Kier alpha value is -1.52. The third-order valence-electron chi connectivity index (χ3n) is 2.21. The summed E-state index contributed by atoms with van der Waals surface area (Å²) in [5.74, 6) is -4.75. The summed E-state index contributed by atoms with van der Waals surface area (Å²) in [6.45, 7) is -0.620. The van der Waals surface area contributed by atoms with Gasteiger partial charge >= 0.3 is 0 Å². The Morgan fingerprint density at radius 3 is 2.53 bits per heavy atom. The van der Waals surface area contributed by atoms with E-state index < -0.39 is 40.7 Å². The first-order chi connectivity index (χ1) is 8.57. The van der Waals surface area contributed by atoms with Crippen molar-refractivity contribution in [3.8, 4) is 0 Å². The van der Waals surface area contributed by atoms with Gasteiger partial charge in [-0.15, -0.1) is 0 Å². The van der Waals surface area contributed by atoms with E-state index in [2.05, 4.69) is 0 Å². The van der Waals surface area contributed by atoms with E-state index in [-0.39, 0.29) is 10.7 Å². The molecule has 0 aliphatic heterocycles. The van der Waals surface area contributed by atoms with Crippen molar-refractivity contribution in [2.45, 2.75) is 17.7 Å². The third-order valence-corrected chi connectivity index (χ3v) is 3.23. The van der Waals surface area contributed by atoms with Crippen LogP contribution in [0.3, 0.4) is 0 Å². The van der Waals surface area contributed by atoms with Crippen molar-refractivity contribution in [3.05, 3.63) is 17.6 Å². The summed E-state index contributed by atoms with van der Waals surface area (Å²) >= 11 is 0. The standard InChI is InChI=1S/C9H13F2N3O4S/c1-5-7(19(13,16)17)2-6(18-5)8(15)14-4-9(10,11)3-12/h2H,3-4,12H2,1H3,(H,14,15)(H2,13,16,17). The minimum atomic E-state index is -4.04. The lowest BCUT2D eigenvalue weighted by molar-refractivity contribution is 0.0115. The molecule has 0 saturated carbocycles. The normalized spacial score (nSPS) is 12.5. The van der Waals surface area contributed by atoms with Crippen molar-refractivity contribution in [1.29, 1.82) is 0 Å². The second kappa shape index (κ2) is 5.23. The molecule has 5 N–H and O–H groups in total. The van der Waals surface area contributed by atoms with Gasteiger partial charge in [-0.25, -0.2) is 22.3 Å². The minimum Gasteiger partial charge on any atom is -0.455 e. The number of amides is 1. The van der Waals surface area contributed by atoms with Crippen molar-refractivity contribution in [3.63, 3.8) is 0 Å². The maximum absolute atomic E-state index is 12.8. The Morgan fingerprint density at radius 2 is 2.11 bits per heavy atom. The molecule has 1 aromatic heterocycles. The van der Waals surface area contributed by atoms with Crippen LogP contribution in [-0.4, -0.2) is 33.3 Å². The number of aryl methyl sites for hydroxylation is 1. The van der Waals surface area contributed by atoms with E-state index in [1.807, 2.05) is 5.32 Å². The second-order valence-electron chi connectivity index (χ2n) is 3.82. The SMILES string of the molecule is Cc1oc(C(=O)NCC(F)(F)CN)cc1S(N)(=O)=O. The number of halogens is 2. The van der Waals surface area contributed by atoms with Gasteiger partial charge in [-0.05, 0) is 6.92 Å². The van der Waals surface area contributed by atoms with Gasteiger partial charge < -0.3 is 15.5 Å². The number of rotatable bonds is 5. The van der Waals surface area contributed by atoms with Crippen LogP contribution >= 0.6 is 0 Å². The van der Waals surface area contributed by atoms with Crippen LogP contribution in [0, 0.1) is 6.92 Å². The lowest BCUT2D eigenvalue weighted by atomic mass is 10.3. The van der Waals surface area contributed by atoms with E-state index in [4.69, 9.17) is 15.3 Å². The Labute approximate surface area is 108 Å². The van der Waals surface area contributed by atoms with Crippen LogP contribution in [0.1, 0.15) is 16.3 Å². The molecule has 0 unspecified atom stereocenters. The first-order valence-electron chi connectivity index (χ1n) is 5.06. The molecular weight excluding hydrogens is 284 g/mol. The number of nitrogens with one attached hydrogen (secondary N) is 1. The Balaban J connectivity index is 2.85. The van der Waals surface area contributed by atoms with Crippen molar-refractivity contribution >= 4 is 15.9 Å².